The summed E-state index contributed by atoms with van der Waals surface area (Å²) in [7, 11) is 0. The zero-order valence-corrected chi connectivity index (χ0v) is 13.9. The molecule has 0 unspecified atom stereocenters. The third-order valence-corrected chi connectivity index (χ3v) is 4.46. The highest BCUT2D eigenvalue weighted by atomic mass is 16.1. The van der Waals surface area contributed by atoms with Crippen molar-refractivity contribution >= 4 is 5.91 Å². The number of hydrogen-bond acceptors (Lipinski definition) is 3. The molecular formula is C18H29N3O. The van der Waals surface area contributed by atoms with Crippen molar-refractivity contribution in [1.82, 2.24) is 15.5 Å². The molecule has 0 spiro atoms. The monoisotopic (exact) mass is 303 g/mol. The third kappa shape index (κ3) is 5.11. The summed E-state index contributed by atoms with van der Waals surface area (Å²) in [4.78, 5) is 14.5. The maximum atomic E-state index is 12.1. The smallest absolute Gasteiger partial charge is 0.224 e. The Balaban J connectivity index is 1.79. The van der Waals surface area contributed by atoms with Crippen LogP contribution in [0.2, 0.25) is 0 Å². The lowest BCUT2D eigenvalue weighted by Gasteiger charge is -2.22. The molecule has 0 bridgehead atoms. The van der Waals surface area contributed by atoms with Gasteiger partial charge in [0.05, 0.1) is 5.92 Å². The molecule has 1 aliphatic heterocycles. The molecule has 0 aliphatic carbocycles. The van der Waals surface area contributed by atoms with E-state index in [2.05, 4.69) is 53.6 Å². The third-order valence-electron chi connectivity index (χ3n) is 4.46. The fraction of sp³-hybridized carbons (Fsp3) is 0.611. The first-order valence-corrected chi connectivity index (χ1v) is 8.51. The molecule has 2 rings (SSSR count). The minimum absolute atomic E-state index is 0.135. The van der Waals surface area contributed by atoms with Gasteiger partial charge in [-0.3, -0.25) is 9.69 Å². The van der Waals surface area contributed by atoms with Gasteiger partial charge in [-0.05, 0) is 43.6 Å². The van der Waals surface area contributed by atoms with Crippen molar-refractivity contribution in [1.29, 1.82) is 0 Å². The Labute approximate surface area is 134 Å². The summed E-state index contributed by atoms with van der Waals surface area (Å²) in [5.41, 5.74) is 2.50. The van der Waals surface area contributed by atoms with E-state index < -0.39 is 0 Å². The molecule has 1 saturated heterocycles. The van der Waals surface area contributed by atoms with Crippen LogP contribution in [0.1, 0.15) is 37.8 Å². The van der Waals surface area contributed by atoms with Crippen molar-refractivity contribution in [3.8, 4) is 0 Å². The molecule has 2 N–H and O–H groups in total. The van der Waals surface area contributed by atoms with E-state index in [4.69, 9.17) is 0 Å². The molecular weight excluding hydrogens is 274 g/mol. The summed E-state index contributed by atoms with van der Waals surface area (Å²) in [5.74, 6) is 0.315. The zero-order valence-electron chi connectivity index (χ0n) is 13.9. The van der Waals surface area contributed by atoms with Gasteiger partial charge >= 0.3 is 0 Å². The fourth-order valence-electron chi connectivity index (χ4n) is 2.88. The lowest BCUT2D eigenvalue weighted by Crippen LogP contribution is -2.40. The lowest BCUT2D eigenvalue weighted by atomic mass is 9.99. The highest BCUT2D eigenvalue weighted by Gasteiger charge is 2.20. The SMILES string of the molecule is CCN(CC)Cc1ccc(CNC(=O)[C@@H]2CCCNC2)cc1. The van der Waals surface area contributed by atoms with Crippen molar-refractivity contribution in [2.45, 2.75) is 39.8 Å². The average molecular weight is 303 g/mol. The summed E-state index contributed by atoms with van der Waals surface area (Å²) >= 11 is 0. The maximum absolute atomic E-state index is 12.1. The average Bonchev–Trinajstić information content (AvgIpc) is 2.59. The van der Waals surface area contributed by atoms with Crippen molar-refractivity contribution in [3.63, 3.8) is 0 Å². The highest BCUT2D eigenvalue weighted by Crippen LogP contribution is 2.11. The Morgan fingerprint density at radius 3 is 2.50 bits per heavy atom. The van der Waals surface area contributed by atoms with Crippen LogP contribution in [-0.2, 0) is 17.9 Å². The molecule has 1 amide bonds. The van der Waals surface area contributed by atoms with Crippen LogP contribution in [0.15, 0.2) is 24.3 Å². The highest BCUT2D eigenvalue weighted by molar-refractivity contribution is 5.78. The Bertz CT molecular complexity index is 448. The zero-order chi connectivity index (χ0) is 15.8. The normalized spacial score (nSPS) is 18.4. The standard InChI is InChI=1S/C18H29N3O/c1-3-21(4-2)14-16-9-7-15(8-10-16)12-20-18(22)17-6-5-11-19-13-17/h7-10,17,19H,3-6,11-14H2,1-2H3,(H,20,22)/t17-/m1/s1. The summed E-state index contributed by atoms with van der Waals surface area (Å²) in [6.07, 6.45) is 2.10. The Hall–Kier alpha value is -1.39. The molecule has 1 fully saturated rings. The summed E-state index contributed by atoms with van der Waals surface area (Å²) in [6.45, 7) is 10.00. The van der Waals surface area contributed by atoms with Crippen molar-refractivity contribution in [2.24, 2.45) is 5.92 Å². The number of nitrogens with zero attached hydrogens (tertiary/aromatic N) is 1. The quantitative estimate of drug-likeness (QED) is 0.811. The van der Waals surface area contributed by atoms with E-state index in [-0.39, 0.29) is 11.8 Å². The van der Waals surface area contributed by atoms with E-state index in [0.717, 1.165) is 45.6 Å². The van der Waals surface area contributed by atoms with Gasteiger partial charge < -0.3 is 10.6 Å². The summed E-state index contributed by atoms with van der Waals surface area (Å²) in [5, 5.41) is 6.35. The van der Waals surface area contributed by atoms with E-state index in [1.165, 1.54) is 11.1 Å². The first-order chi connectivity index (χ1) is 10.7. The molecule has 122 valence electrons. The van der Waals surface area contributed by atoms with E-state index in [0.29, 0.717) is 6.54 Å². The molecule has 0 radical (unpaired) electrons. The fourth-order valence-corrected chi connectivity index (χ4v) is 2.88. The molecule has 0 saturated carbocycles. The number of piperidine rings is 1. The van der Waals surface area contributed by atoms with Gasteiger partial charge in [-0.15, -0.1) is 0 Å². The molecule has 1 aromatic carbocycles. The van der Waals surface area contributed by atoms with Gasteiger partial charge in [0.15, 0.2) is 0 Å². The largest absolute Gasteiger partial charge is 0.352 e. The van der Waals surface area contributed by atoms with Crippen LogP contribution in [0.3, 0.4) is 0 Å². The van der Waals surface area contributed by atoms with Crippen LogP contribution >= 0.6 is 0 Å². The molecule has 4 nitrogen and oxygen atoms in total. The molecule has 22 heavy (non-hydrogen) atoms. The van der Waals surface area contributed by atoms with Gasteiger partial charge in [0.1, 0.15) is 0 Å². The van der Waals surface area contributed by atoms with Crippen molar-refractivity contribution < 1.29 is 4.79 Å². The van der Waals surface area contributed by atoms with E-state index in [9.17, 15) is 4.79 Å². The minimum Gasteiger partial charge on any atom is -0.352 e. The van der Waals surface area contributed by atoms with Crippen LogP contribution in [0.25, 0.3) is 0 Å². The lowest BCUT2D eigenvalue weighted by molar-refractivity contribution is -0.125. The first-order valence-electron chi connectivity index (χ1n) is 8.51. The Morgan fingerprint density at radius 2 is 1.91 bits per heavy atom. The van der Waals surface area contributed by atoms with Crippen molar-refractivity contribution in [3.05, 3.63) is 35.4 Å². The van der Waals surface area contributed by atoms with Gasteiger partial charge in [-0.1, -0.05) is 38.1 Å². The van der Waals surface area contributed by atoms with E-state index >= 15 is 0 Å². The predicted octanol–water partition coefficient (Wildman–Crippen LogP) is 2.14. The maximum Gasteiger partial charge on any atom is 0.224 e. The van der Waals surface area contributed by atoms with Gasteiger partial charge in [0, 0.05) is 19.6 Å². The number of amides is 1. The van der Waals surface area contributed by atoms with Crippen LogP contribution < -0.4 is 10.6 Å². The first kappa shape index (κ1) is 17.0. The Morgan fingerprint density at radius 1 is 1.23 bits per heavy atom. The molecule has 4 heteroatoms. The van der Waals surface area contributed by atoms with Crippen LogP contribution in [0.5, 0.6) is 0 Å². The molecule has 1 atom stereocenters. The van der Waals surface area contributed by atoms with Crippen LogP contribution in [0.4, 0.5) is 0 Å². The number of benzene rings is 1. The molecule has 1 aromatic rings. The summed E-state index contributed by atoms with van der Waals surface area (Å²) in [6, 6.07) is 8.58. The van der Waals surface area contributed by atoms with Gasteiger partial charge in [0.25, 0.3) is 0 Å². The van der Waals surface area contributed by atoms with Gasteiger partial charge in [-0.2, -0.15) is 0 Å². The molecule has 0 aromatic heterocycles. The number of hydrogen-bond donors (Lipinski definition) is 2. The topological polar surface area (TPSA) is 44.4 Å². The number of nitrogens with one attached hydrogen (secondary N) is 2. The molecule has 1 aliphatic rings. The van der Waals surface area contributed by atoms with E-state index in [1.54, 1.807) is 0 Å². The van der Waals surface area contributed by atoms with Gasteiger partial charge in [0.2, 0.25) is 5.91 Å². The minimum atomic E-state index is 0.135. The van der Waals surface area contributed by atoms with Crippen LogP contribution in [-0.4, -0.2) is 37.0 Å². The van der Waals surface area contributed by atoms with E-state index in [1.807, 2.05) is 0 Å². The second-order valence-corrected chi connectivity index (χ2v) is 6.04. The van der Waals surface area contributed by atoms with Crippen LogP contribution in [0, 0.1) is 5.92 Å². The van der Waals surface area contributed by atoms with Crippen molar-refractivity contribution in [2.75, 3.05) is 26.2 Å². The number of carbonyl (C=O) groups is 1. The molecule has 1 heterocycles. The Kier molecular flexibility index (Phi) is 6.87. The number of rotatable bonds is 7. The second kappa shape index (κ2) is 8.91. The van der Waals surface area contributed by atoms with Gasteiger partial charge in [-0.25, -0.2) is 0 Å². The number of carbonyl (C=O) groups excluding carboxylic acids is 1. The predicted molar refractivity (Wildman–Crippen MR) is 90.5 cm³/mol. The second-order valence-electron chi connectivity index (χ2n) is 6.04. The summed E-state index contributed by atoms with van der Waals surface area (Å²) < 4.78 is 0.